The van der Waals surface area contributed by atoms with E-state index in [-0.39, 0.29) is 5.91 Å². The lowest BCUT2D eigenvalue weighted by atomic mass is 10.1. The van der Waals surface area contributed by atoms with Crippen LogP contribution in [0.2, 0.25) is 0 Å². The molecular formula is C20H17N3O2S. The summed E-state index contributed by atoms with van der Waals surface area (Å²) in [6.07, 6.45) is 0. The minimum absolute atomic E-state index is 0.274. The van der Waals surface area contributed by atoms with E-state index in [9.17, 15) is 4.79 Å². The summed E-state index contributed by atoms with van der Waals surface area (Å²) in [6.45, 7) is 1.93. The van der Waals surface area contributed by atoms with Crippen LogP contribution in [0, 0.1) is 6.92 Å². The van der Waals surface area contributed by atoms with Gasteiger partial charge in [-0.05, 0) is 43.3 Å². The van der Waals surface area contributed by atoms with Gasteiger partial charge in [-0.3, -0.25) is 9.78 Å². The van der Waals surface area contributed by atoms with Crippen LogP contribution in [0.1, 0.15) is 16.1 Å². The average Bonchev–Trinajstić information content (AvgIpc) is 2.95. The summed E-state index contributed by atoms with van der Waals surface area (Å²) >= 11 is 1.46. The van der Waals surface area contributed by atoms with Gasteiger partial charge in [-0.1, -0.05) is 23.5 Å². The van der Waals surface area contributed by atoms with Crippen LogP contribution in [-0.4, -0.2) is 22.6 Å². The zero-order valence-electron chi connectivity index (χ0n) is 14.7. The molecule has 0 bridgehead atoms. The van der Waals surface area contributed by atoms with Gasteiger partial charge in [0.1, 0.15) is 5.75 Å². The summed E-state index contributed by atoms with van der Waals surface area (Å²) in [5, 5.41) is 1.01. The van der Waals surface area contributed by atoms with Crippen molar-refractivity contribution in [1.29, 1.82) is 0 Å². The second-order valence-electron chi connectivity index (χ2n) is 6.05. The topological polar surface area (TPSA) is 56.5 Å². The molecule has 2 aromatic carbocycles. The Bertz CT molecular complexity index is 1220. The van der Waals surface area contributed by atoms with Gasteiger partial charge in [0, 0.05) is 23.7 Å². The monoisotopic (exact) mass is 363 g/mol. The molecule has 6 heteroatoms. The van der Waals surface area contributed by atoms with E-state index < -0.39 is 0 Å². The maximum absolute atomic E-state index is 12.7. The Morgan fingerprint density at radius 3 is 2.77 bits per heavy atom. The molecule has 0 radical (unpaired) electrons. The zero-order chi connectivity index (χ0) is 18.3. The largest absolute Gasteiger partial charge is 0.497 e. The highest BCUT2D eigenvalue weighted by molar-refractivity contribution is 7.16. The highest BCUT2D eigenvalue weighted by Crippen LogP contribution is 2.22. The van der Waals surface area contributed by atoms with Crippen molar-refractivity contribution >= 4 is 38.4 Å². The minimum atomic E-state index is -0.274. The van der Waals surface area contributed by atoms with Gasteiger partial charge in [-0.15, -0.1) is 0 Å². The number of nitrogens with zero attached hydrogens (tertiary/aromatic N) is 3. The normalized spacial score (nSPS) is 12.0. The molecule has 0 spiro atoms. The molecule has 0 fully saturated rings. The minimum Gasteiger partial charge on any atom is -0.497 e. The highest BCUT2D eigenvalue weighted by atomic mass is 32.1. The van der Waals surface area contributed by atoms with Crippen molar-refractivity contribution in [3.63, 3.8) is 0 Å². The summed E-state index contributed by atoms with van der Waals surface area (Å²) in [5.41, 5.74) is 3.27. The molecule has 0 saturated carbocycles. The molecule has 0 aliphatic carbocycles. The van der Waals surface area contributed by atoms with E-state index in [4.69, 9.17) is 4.74 Å². The maximum atomic E-state index is 12.7. The molecule has 130 valence electrons. The van der Waals surface area contributed by atoms with Gasteiger partial charge in [0.25, 0.3) is 5.91 Å². The lowest BCUT2D eigenvalue weighted by Crippen LogP contribution is -2.13. The Balaban J connectivity index is 1.79. The van der Waals surface area contributed by atoms with E-state index >= 15 is 0 Å². The molecule has 4 rings (SSSR count). The standard InChI is InChI=1S/C20H17N3O2S/c1-12-4-5-13-6-7-14(10-16(13)21-12)19(24)22-20-23(2)17-9-8-15(25-3)11-18(17)26-20/h4-11H,1-3H3. The highest BCUT2D eigenvalue weighted by Gasteiger charge is 2.09. The molecule has 26 heavy (non-hydrogen) atoms. The first-order valence-corrected chi connectivity index (χ1v) is 8.97. The number of rotatable bonds is 2. The van der Waals surface area contributed by atoms with Gasteiger partial charge in [-0.25, -0.2) is 0 Å². The third kappa shape index (κ3) is 2.88. The smallest absolute Gasteiger partial charge is 0.279 e. The Labute approximate surface area is 154 Å². The van der Waals surface area contributed by atoms with Crippen molar-refractivity contribution in [3.8, 4) is 5.75 Å². The van der Waals surface area contributed by atoms with Crippen LogP contribution in [0.15, 0.2) is 53.5 Å². The Hall–Kier alpha value is -2.99. The summed E-state index contributed by atoms with van der Waals surface area (Å²) < 4.78 is 8.21. The molecule has 5 nitrogen and oxygen atoms in total. The number of benzene rings is 2. The lowest BCUT2D eigenvalue weighted by molar-refractivity contribution is 0.0998. The number of carbonyl (C=O) groups is 1. The second kappa shape index (κ2) is 6.38. The number of fused-ring (bicyclic) bond motifs is 2. The number of ether oxygens (including phenoxy) is 1. The molecule has 4 aromatic rings. The number of carbonyl (C=O) groups excluding carboxylic acids is 1. The second-order valence-corrected chi connectivity index (χ2v) is 7.06. The van der Waals surface area contributed by atoms with Crippen LogP contribution in [0.3, 0.4) is 0 Å². The van der Waals surface area contributed by atoms with Crippen molar-refractivity contribution in [3.05, 3.63) is 64.6 Å². The van der Waals surface area contributed by atoms with E-state index in [1.54, 1.807) is 19.2 Å². The molecule has 0 aliphatic heterocycles. The third-order valence-corrected chi connectivity index (χ3v) is 5.39. The number of aryl methyl sites for hydroxylation is 2. The molecule has 0 saturated heterocycles. The number of thiazole rings is 1. The van der Waals surface area contributed by atoms with Crippen LogP contribution in [0.4, 0.5) is 0 Å². The Kier molecular flexibility index (Phi) is 4.05. The van der Waals surface area contributed by atoms with Crippen molar-refractivity contribution in [1.82, 2.24) is 9.55 Å². The van der Waals surface area contributed by atoms with E-state index in [0.717, 1.165) is 32.6 Å². The van der Waals surface area contributed by atoms with Crippen molar-refractivity contribution in [2.24, 2.45) is 12.0 Å². The summed E-state index contributed by atoms with van der Waals surface area (Å²) in [7, 11) is 3.54. The van der Waals surface area contributed by atoms with Crippen LogP contribution in [-0.2, 0) is 7.05 Å². The van der Waals surface area contributed by atoms with Gasteiger partial charge in [0.15, 0.2) is 4.80 Å². The van der Waals surface area contributed by atoms with Gasteiger partial charge in [-0.2, -0.15) is 4.99 Å². The number of methoxy groups -OCH3 is 1. The van der Waals surface area contributed by atoms with Gasteiger partial charge in [0.2, 0.25) is 0 Å². The van der Waals surface area contributed by atoms with Gasteiger partial charge in [0.05, 0.1) is 22.8 Å². The first kappa shape index (κ1) is 16.5. The van der Waals surface area contributed by atoms with Crippen molar-refractivity contribution < 1.29 is 9.53 Å². The summed E-state index contributed by atoms with van der Waals surface area (Å²) in [4.78, 5) is 22.1. The van der Waals surface area contributed by atoms with Crippen LogP contribution in [0.25, 0.3) is 21.1 Å². The number of pyridine rings is 1. The molecule has 0 atom stereocenters. The third-order valence-electron chi connectivity index (χ3n) is 4.29. The fraction of sp³-hybridized carbons (Fsp3) is 0.150. The molecule has 0 N–H and O–H groups in total. The van der Waals surface area contributed by atoms with Crippen molar-refractivity contribution in [2.75, 3.05) is 7.11 Å². The fourth-order valence-corrected chi connectivity index (χ4v) is 3.90. The fourth-order valence-electron chi connectivity index (χ4n) is 2.85. The number of hydrogen-bond donors (Lipinski definition) is 0. The van der Waals surface area contributed by atoms with Crippen molar-refractivity contribution in [2.45, 2.75) is 6.92 Å². The summed E-state index contributed by atoms with van der Waals surface area (Å²) in [6, 6.07) is 15.3. The quantitative estimate of drug-likeness (QED) is 0.544. The van der Waals surface area contributed by atoms with E-state index in [2.05, 4.69) is 9.98 Å². The molecule has 2 aromatic heterocycles. The van der Waals surface area contributed by atoms with E-state index in [1.165, 1.54) is 11.3 Å². The number of amides is 1. The number of aromatic nitrogens is 2. The maximum Gasteiger partial charge on any atom is 0.279 e. The summed E-state index contributed by atoms with van der Waals surface area (Å²) in [5.74, 6) is 0.512. The molecule has 0 unspecified atom stereocenters. The predicted octanol–water partition coefficient (Wildman–Crippen LogP) is 3.85. The Morgan fingerprint density at radius 1 is 1.15 bits per heavy atom. The lowest BCUT2D eigenvalue weighted by Gasteiger charge is -2.01. The zero-order valence-corrected chi connectivity index (χ0v) is 15.5. The van der Waals surface area contributed by atoms with Gasteiger partial charge < -0.3 is 9.30 Å². The Morgan fingerprint density at radius 2 is 1.96 bits per heavy atom. The van der Waals surface area contributed by atoms with Crippen LogP contribution < -0.4 is 9.54 Å². The van der Waals surface area contributed by atoms with Gasteiger partial charge >= 0.3 is 0 Å². The first-order valence-electron chi connectivity index (χ1n) is 8.15. The molecule has 0 aliphatic rings. The number of hydrogen-bond acceptors (Lipinski definition) is 4. The molecule has 1 amide bonds. The molecular weight excluding hydrogens is 346 g/mol. The van der Waals surface area contributed by atoms with E-state index in [0.29, 0.717) is 10.4 Å². The van der Waals surface area contributed by atoms with E-state index in [1.807, 2.05) is 54.9 Å². The first-order chi connectivity index (χ1) is 12.5. The predicted molar refractivity (Wildman–Crippen MR) is 104 cm³/mol. The SMILES string of the molecule is COc1ccc2c(c1)sc(=NC(=O)c1ccc3ccc(C)nc3c1)n2C. The van der Waals surface area contributed by atoms with Crippen LogP contribution in [0.5, 0.6) is 5.75 Å². The van der Waals surface area contributed by atoms with Crippen LogP contribution >= 0.6 is 11.3 Å². The average molecular weight is 363 g/mol. The molecule has 2 heterocycles.